The Labute approximate surface area is 118 Å². The number of rotatable bonds is 2. The van der Waals surface area contributed by atoms with Crippen LogP contribution >= 0.6 is 0 Å². The average Bonchev–Trinajstić information content (AvgIpc) is 2.70. The zero-order valence-corrected chi connectivity index (χ0v) is 11.6. The molecule has 0 spiro atoms. The van der Waals surface area contributed by atoms with E-state index in [1.807, 2.05) is 18.2 Å². The molecule has 0 bridgehead atoms. The Morgan fingerprint density at radius 2 is 2.15 bits per heavy atom. The van der Waals surface area contributed by atoms with Crippen LogP contribution in [-0.2, 0) is 11.3 Å². The number of hydrogen-bond acceptors (Lipinski definition) is 3. The van der Waals surface area contributed by atoms with Crippen molar-refractivity contribution in [2.75, 3.05) is 11.4 Å². The summed E-state index contributed by atoms with van der Waals surface area (Å²) in [6.07, 6.45) is 1.73. The van der Waals surface area contributed by atoms with Crippen molar-refractivity contribution in [3.63, 3.8) is 0 Å². The minimum Gasteiger partial charge on any atom is -0.326 e. The number of piperidine rings is 1. The summed E-state index contributed by atoms with van der Waals surface area (Å²) in [4.78, 5) is 28.0. The van der Waals surface area contributed by atoms with Gasteiger partial charge in [-0.2, -0.15) is 0 Å². The molecule has 2 fully saturated rings. The molecule has 1 aromatic rings. The van der Waals surface area contributed by atoms with Crippen LogP contribution in [0.15, 0.2) is 24.3 Å². The van der Waals surface area contributed by atoms with Crippen LogP contribution < -0.4 is 10.6 Å². The number of urea groups is 1. The van der Waals surface area contributed by atoms with Gasteiger partial charge in [0.1, 0.15) is 6.04 Å². The second-order valence-electron chi connectivity index (χ2n) is 5.67. The molecule has 5 nitrogen and oxygen atoms in total. The van der Waals surface area contributed by atoms with E-state index >= 15 is 0 Å². The minimum absolute atomic E-state index is 0.101. The van der Waals surface area contributed by atoms with Crippen LogP contribution in [0, 0.1) is 5.92 Å². The number of hydrogen-bond donors (Lipinski definition) is 1. The summed E-state index contributed by atoms with van der Waals surface area (Å²) in [7, 11) is 0. The zero-order valence-electron chi connectivity index (χ0n) is 11.6. The highest BCUT2D eigenvalue weighted by molar-refractivity contribution is 6.21. The van der Waals surface area contributed by atoms with Gasteiger partial charge in [0.15, 0.2) is 0 Å². The number of carbonyl (C=O) groups excluding carboxylic acids is 2. The van der Waals surface area contributed by atoms with Crippen molar-refractivity contribution in [1.29, 1.82) is 0 Å². The molecule has 2 aliphatic heterocycles. The van der Waals surface area contributed by atoms with Gasteiger partial charge in [-0.15, -0.1) is 0 Å². The van der Waals surface area contributed by atoms with Crippen molar-refractivity contribution in [3.05, 3.63) is 29.8 Å². The van der Waals surface area contributed by atoms with Crippen LogP contribution in [0.25, 0.3) is 0 Å². The van der Waals surface area contributed by atoms with Crippen molar-refractivity contribution in [2.45, 2.75) is 32.4 Å². The molecular formula is C15H19N3O2. The second kappa shape index (κ2) is 4.90. The van der Waals surface area contributed by atoms with E-state index in [1.165, 1.54) is 4.90 Å². The zero-order chi connectivity index (χ0) is 14.3. The van der Waals surface area contributed by atoms with Crippen LogP contribution in [-0.4, -0.2) is 29.4 Å². The number of imide groups is 1. The SMILES string of the molecule is CC1CCN2C(=O)N(c3cccc(CN)c3)C(=O)C2C1. The number of anilines is 1. The topological polar surface area (TPSA) is 66.6 Å². The molecule has 3 rings (SSSR count). The van der Waals surface area contributed by atoms with Crippen LogP contribution in [0.1, 0.15) is 25.3 Å². The molecule has 1 aromatic carbocycles. The number of nitrogens with two attached hydrogens (primary N) is 1. The number of nitrogens with zero attached hydrogens (tertiary/aromatic N) is 2. The number of fused-ring (bicyclic) bond motifs is 1. The maximum Gasteiger partial charge on any atom is 0.332 e. The first-order valence-electron chi connectivity index (χ1n) is 7.05. The second-order valence-corrected chi connectivity index (χ2v) is 5.67. The van der Waals surface area contributed by atoms with Crippen molar-refractivity contribution in [3.8, 4) is 0 Å². The van der Waals surface area contributed by atoms with Gasteiger partial charge in [-0.05, 0) is 36.5 Å². The summed E-state index contributed by atoms with van der Waals surface area (Å²) in [5.74, 6) is 0.388. The van der Waals surface area contributed by atoms with E-state index < -0.39 is 0 Å². The molecule has 0 radical (unpaired) electrons. The first-order valence-corrected chi connectivity index (χ1v) is 7.05. The molecule has 0 aliphatic carbocycles. The first kappa shape index (κ1) is 13.1. The Hall–Kier alpha value is -1.88. The van der Waals surface area contributed by atoms with E-state index in [0.717, 1.165) is 18.4 Å². The van der Waals surface area contributed by atoms with Gasteiger partial charge in [0.25, 0.3) is 5.91 Å². The van der Waals surface area contributed by atoms with Crippen LogP contribution in [0.3, 0.4) is 0 Å². The van der Waals surface area contributed by atoms with Crippen LogP contribution in [0.4, 0.5) is 10.5 Å². The lowest BCUT2D eigenvalue weighted by Crippen LogP contribution is -2.41. The Bertz CT molecular complexity index is 558. The Morgan fingerprint density at radius 3 is 2.90 bits per heavy atom. The van der Waals surface area contributed by atoms with Gasteiger partial charge >= 0.3 is 6.03 Å². The monoisotopic (exact) mass is 273 g/mol. The van der Waals surface area contributed by atoms with Gasteiger partial charge < -0.3 is 10.6 Å². The van der Waals surface area contributed by atoms with Crippen molar-refractivity contribution in [1.82, 2.24) is 4.90 Å². The molecule has 2 saturated heterocycles. The molecule has 0 saturated carbocycles. The summed E-state index contributed by atoms with van der Waals surface area (Å²) in [6, 6.07) is 6.85. The fourth-order valence-corrected chi connectivity index (χ4v) is 3.04. The van der Waals surface area contributed by atoms with Crippen molar-refractivity contribution in [2.24, 2.45) is 11.7 Å². The first-order chi connectivity index (χ1) is 9.61. The van der Waals surface area contributed by atoms with Gasteiger partial charge in [-0.1, -0.05) is 19.1 Å². The Balaban J connectivity index is 1.93. The summed E-state index contributed by atoms with van der Waals surface area (Å²) >= 11 is 0. The fraction of sp³-hybridized carbons (Fsp3) is 0.467. The minimum atomic E-state index is -0.284. The predicted molar refractivity (Wildman–Crippen MR) is 76.1 cm³/mol. The summed E-state index contributed by atoms with van der Waals surface area (Å²) < 4.78 is 0. The lowest BCUT2D eigenvalue weighted by atomic mass is 9.93. The normalized spacial score (nSPS) is 26.1. The molecule has 2 unspecified atom stereocenters. The smallest absolute Gasteiger partial charge is 0.326 e. The van der Waals surface area contributed by atoms with E-state index in [1.54, 1.807) is 11.0 Å². The molecule has 2 heterocycles. The van der Waals surface area contributed by atoms with Gasteiger partial charge in [-0.3, -0.25) is 4.79 Å². The van der Waals surface area contributed by atoms with Crippen LogP contribution in [0.5, 0.6) is 0 Å². The molecule has 20 heavy (non-hydrogen) atoms. The summed E-state index contributed by atoms with van der Waals surface area (Å²) in [5, 5.41) is 0. The molecule has 5 heteroatoms. The van der Waals surface area contributed by atoms with Gasteiger partial charge in [-0.25, -0.2) is 9.69 Å². The summed E-state index contributed by atoms with van der Waals surface area (Å²) in [5.41, 5.74) is 7.17. The Morgan fingerprint density at radius 1 is 1.35 bits per heavy atom. The third-order valence-corrected chi connectivity index (χ3v) is 4.21. The molecule has 2 N–H and O–H groups in total. The van der Waals surface area contributed by atoms with Crippen molar-refractivity contribution >= 4 is 17.6 Å². The largest absolute Gasteiger partial charge is 0.332 e. The maximum absolute atomic E-state index is 12.5. The number of amides is 3. The molecule has 2 atom stereocenters. The van der Waals surface area contributed by atoms with Gasteiger partial charge in [0.05, 0.1) is 5.69 Å². The van der Waals surface area contributed by atoms with E-state index in [2.05, 4.69) is 6.92 Å². The fourth-order valence-electron chi connectivity index (χ4n) is 3.04. The molecule has 2 aliphatic rings. The molecular weight excluding hydrogens is 254 g/mol. The average molecular weight is 273 g/mol. The number of carbonyl (C=O) groups is 2. The highest BCUT2D eigenvalue weighted by Gasteiger charge is 2.47. The Kier molecular flexibility index (Phi) is 3.22. The quantitative estimate of drug-likeness (QED) is 0.834. The lowest BCUT2D eigenvalue weighted by Gasteiger charge is -2.30. The number of benzene rings is 1. The van der Waals surface area contributed by atoms with Gasteiger partial charge in [0, 0.05) is 13.1 Å². The predicted octanol–water partition coefficient (Wildman–Crippen LogP) is 1.71. The van der Waals surface area contributed by atoms with E-state index in [9.17, 15) is 9.59 Å². The third-order valence-electron chi connectivity index (χ3n) is 4.21. The molecule has 106 valence electrons. The van der Waals surface area contributed by atoms with Crippen molar-refractivity contribution < 1.29 is 9.59 Å². The lowest BCUT2D eigenvalue weighted by molar-refractivity contribution is -0.120. The van der Waals surface area contributed by atoms with Crippen LogP contribution in [0.2, 0.25) is 0 Å². The molecule has 3 amide bonds. The summed E-state index contributed by atoms with van der Waals surface area (Å²) in [6.45, 7) is 3.20. The standard InChI is InChI=1S/C15H19N3O2/c1-10-5-6-17-13(7-10)14(19)18(15(17)20)12-4-2-3-11(8-12)9-16/h2-4,8,10,13H,5-7,9,16H2,1H3. The van der Waals surface area contributed by atoms with E-state index in [4.69, 9.17) is 5.73 Å². The van der Waals surface area contributed by atoms with Gasteiger partial charge in [0.2, 0.25) is 0 Å². The highest BCUT2D eigenvalue weighted by atomic mass is 16.2. The van der Waals surface area contributed by atoms with E-state index in [-0.39, 0.29) is 18.0 Å². The third kappa shape index (κ3) is 1.98. The van der Waals surface area contributed by atoms with E-state index in [0.29, 0.717) is 24.7 Å². The molecule has 0 aromatic heterocycles. The highest BCUT2D eigenvalue weighted by Crippen LogP contribution is 2.32. The maximum atomic E-state index is 12.5.